The molecule has 0 atom stereocenters. The van der Waals surface area contributed by atoms with Crippen molar-refractivity contribution in [3.8, 4) is 10.7 Å². The Balaban J connectivity index is 1.51. The molecule has 0 unspecified atom stereocenters. The second-order valence-electron chi connectivity index (χ2n) is 7.22. The van der Waals surface area contributed by atoms with Crippen LogP contribution in [0.15, 0.2) is 39.8 Å². The fourth-order valence-corrected chi connectivity index (χ4v) is 5.77. The van der Waals surface area contributed by atoms with Gasteiger partial charge in [-0.15, -0.1) is 11.3 Å². The Morgan fingerprint density at radius 3 is 2.45 bits per heavy atom. The first-order valence-corrected chi connectivity index (χ1v) is 12.2. The van der Waals surface area contributed by atoms with Crippen LogP contribution in [0.4, 0.5) is 11.4 Å². The lowest BCUT2D eigenvalue weighted by Gasteiger charge is -2.25. The molecule has 33 heavy (non-hydrogen) atoms. The predicted octanol–water partition coefficient (Wildman–Crippen LogP) is 2.34. The maximum atomic E-state index is 12.9. The van der Waals surface area contributed by atoms with E-state index in [1.807, 2.05) is 0 Å². The average Bonchev–Trinajstić information content (AvgIpc) is 3.42. The van der Waals surface area contributed by atoms with Gasteiger partial charge in [0.2, 0.25) is 11.7 Å². The summed E-state index contributed by atoms with van der Waals surface area (Å²) in [5.74, 6) is -0.621. The van der Waals surface area contributed by atoms with Gasteiger partial charge in [0.25, 0.3) is 10.0 Å². The summed E-state index contributed by atoms with van der Waals surface area (Å²) in [6.45, 7) is 4.83. The van der Waals surface area contributed by atoms with E-state index < -0.39 is 10.0 Å². The third kappa shape index (κ3) is 5.21. The Morgan fingerprint density at radius 1 is 1.12 bits per heavy atom. The molecule has 1 aliphatic heterocycles. The number of thiophene rings is 1. The molecule has 13 heteroatoms. The van der Waals surface area contributed by atoms with Crippen molar-refractivity contribution >= 4 is 44.5 Å². The number of aryl methyl sites for hydroxylation is 1. The van der Waals surface area contributed by atoms with Crippen molar-refractivity contribution < 1.29 is 27.3 Å². The summed E-state index contributed by atoms with van der Waals surface area (Å²) in [5, 5.41) is 6.47. The first-order valence-electron chi connectivity index (χ1n) is 9.95. The number of aromatic nitrogens is 2. The number of hydrogen-bond donors (Lipinski definition) is 2. The number of hydrogen-bond acceptors (Lipinski definition) is 9. The van der Waals surface area contributed by atoms with E-state index in [1.165, 1.54) is 24.3 Å². The Hall–Kier alpha value is -3.29. The number of nitrogens with zero attached hydrogens (tertiary/aromatic N) is 3. The van der Waals surface area contributed by atoms with Gasteiger partial charge in [0, 0.05) is 36.3 Å². The molecule has 1 aliphatic rings. The molecular formula is C20H21N5O6S2. The molecular weight excluding hydrogens is 470 g/mol. The van der Waals surface area contributed by atoms with Crippen LogP contribution >= 0.6 is 11.3 Å². The molecule has 2 aromatic heterocycles. The summed E-state index contributed by atoms with van der Waals surface area (Å²) in [4.78, 5) is 30.4. The second kappa shape index (κ2) is 9.29. The summed E-state index contributed by atoms with van der Waals surface area (Å²) in [6.07, 6.45) is 0. The minimum atomic E-state index is -3.90. The number of rotatable bonds is 6. The second-order valence-corrected chi connectivity index (χ2v) is 10.1. The standard InChI is InChI=1S/C20H21N5O6S2/c1-12-17(33(28,29)24-15-5-3-14(4-6-15)21-13(2)26)11-16(32-12)18-22-19(31-23-18)20(27)25-7-9-30-10-8-25/h3-6,11,24H,7-10H2,1-2H3,(H,21,26). The Kier molecular flexibility index (Phi) is 6.44. The van der Waals surface area contributed by atoms with E-state index in [0.29, 0.717) is 47.4 Å². The van der Waals surface area contributed by atoms with E-state index in [4.69, 9.17) is 9.26 Å². The molecule has 0 aliphatic carbocycles. The van der Waals surface area contributed by atoms with Crippen LogP contribution in [-0.2, 0) is 19.6 Å². The van der Waals surface area contributed by atoms with Crippen LogP contribution in [0.5, 0.6) is 0 Å². The van der Waals surface area contributed by atoms with Gasteiger partial charge in [-0.2, -0.15) is 4.98 Å². The van der Waals surface area contributed by atoms with Gasteiger partial charge in [-0.25, -0.2) is 8.42 Å². The molecule has 3 heterocycles. The summed E-state index contributed by atoms with van der Waals surface area (Å²) in [6, 6.07) is 7.74. The van der Waals surface area contributed by atoms with E-state index in [2.05, 4.69) is 20.2 Å². The SMILES string of the molecule is CC(=O)Nc1ccc(NS(=O)(=O)c2cc(-c3noc(C(=O)N4CCOCC4)n3)sc2C)cc1. The van der Waals surface area contributed by atoms with Crippen LogP contribution in [0.3, 0.4) is 0 Å². The summed E-state index contributed by atoms with van der Waals surface area (Å²) in [5.41, 5.74) is 0.896. The third-order valence-corrected chi connectivity index (χ3v) is 7.43. The minimum Gasteiger partial charge on any atom is -0.378 e. The van der Waals surface area contributed by atoms with E-state index in [9.17, 15) is 18.0 Å². The van der Waals surface area contributed by atoms with Gasteiger partial charge in [-0.1, -0.05) is 5.16 Å². The van der Waals surface area contributed by atoms with Crippen LogP contribution in [-0.4, -0.2) is 61.6 Å². The van der Waals surface area contributed by atoms with Gasteiger partial charge in [0.1, 0.15) is 4.90 Å². The van der Waals surface area contributed by atoms with Crippen LogP contribution < -0.4 is 10.0 Å². The van der Waals surface area contributed by atoms with Crippen molar-refractivity contribution in [2.24, 2.45) is 0 Å². The molecule has 3 aromatic rings. The summed E-state index contributed by atoms with van der Waals surface area (Å²) >= 11 is 1.18. The zero-order valence-corrected chi connectivity index (χ0v) is 19.5. The zero-order chi connectivity index (χ0) is 23.6. The van der Waals surface area contributed by atoms with Gasteiger partial charge in [0.15, 0.2) is 0 Å². The number of amides is 2. The molecule has 1 saturated heterocycles. The van der Waals surface area contributed by atoms with Crippen molar-refractivity contribution in [1.82, 2.24) is 15.0 Å². The normalized spacial score (nSPS) is 14.2. The molecule has 0 bridgehead atoms. The maximum Gasteiger partial charge on any atom is 0.316 e. The number of anilines is 2. The van der Waals surface area contributed by atoms with Crippen LogP contribution in [0.2, 0.25) is 0 Å². The van der Waals surface area contributed by atoms with E-state index in [-0.39, 0.29) is 28.4 Å². The summed E-state index contributed by atoms with van der Waals surface area (Å²) in [7, 11) is -3.90. The van der Waals surface area contributed by atoms with Crippen molar-refractivity contribution in [2.75, 3.05) is 36.3 Å². The van der Waals surface area contributed by atoms with Gasteiger partial charge >= 0.3 is 11.8 Å². The highest BCUT2D eigenvalue weighted by Crippen LogP contribution is 2.33. The lowest BCUT2D eigenvalue weighted by Crippen LogP contribution is -2.40. The molecule has 1 aromatic carbocycles. The predicted molar refractivity (Wildman–Crippen MR) is 121 cm³/mol. The lowest BCUT2D eigenvalue weighted by atomic mass is 10.3. The van der Waals surface area contributed by atoms with Gasteiger partial charge in [0.05, 0.1) is 18.1 Å². The highest BCUT2D eigenvalue weighted by molar-refractivity contribution is 7.93. The van der Waals surface area contributed by atoms with Crippen molar-refractivity contribution in [2.45, 2.75) is 18.7 Å². The summed E-state index contributed by atoms with van der Waals surface area (Å²) < 4.78 is 38.7. The average molecular weight is 492 g/mol. The first kappa shape index (κ1) is 22.9. The highest BCUT2D eigenvalue weighted by atomic mass is 32.2. The van der Waals surface area contributed by atoms with E-state index in [1.54, 1.807) is 36.1 Å². The lowest BCUT2D eigenvalue weighted by molar-refractivity contribution is -0.114. The number of morpholine rings is 1. The fraction of sp³-hybridized carbons (Fsp3) is 0.300. The van der Waals surface area contributed by atoms with E-state index in [0.717, 1.165) is 0 Å². The first-order chi connectivity index (χ1) is 15.7. The zero-order valence-electron chi connectivity index (χ0n) is 17.8. The third-order valence-electron chi connectivity index (χ3n) is 4.75. The molecule has 0 radical (unpaired) electrons. The largest absolute Gasteiger partial charge is 0.378 e. The van der Waals surface area contributed by atoms with Crippen LogP contribution in [0, 0.1) is 6.92 Å². The number of sulfonamides is 1. The van der Waals surface area contributed by atoms with Crippen molar-refractivity contribution in [1.29, 1.82) is 0 Å². The molecule has 1 fully saturated rings. The van der Waals surface area contributed by atoms with Gasteiger partial charge in [-0.3, -0.25) is 14.3 Å². The fourth-order valence-electron chi connectivity index (χ4n) is 3.19. The number of carbonyl (C=O) groups is 2. The molecule has 0 spiro atoms. The maximum absolute atomic E-state index is 12.9. The van der Waals surface area contributed by atoms with Gasteiger partial charge in [-0.05, 0) is 37.3 Å². The van der Waals surface area contributed by atoms with Crippen molar-refractivity contribution in [3.63, 3.8) is 0 Å². The molecule has 2 N–H and O–H groups in total. The van der Waals surface area contributed by atoms with Crippen molar-refractivity contribution in [3.05, 3.63) is 41.1 Å². The topological polar surface area (TPSA) is 144 Å². The number of ether oxygens (including phenoxy) is 1. The molecule has 174 valence electrons. The van der Waals surface area contributed by atoms with Crippen LogP contribution in [0.1, 0.15) is 22.5 Å². The monoisotopic (exact) mass is 491 g/mol. The minimum absolute atomic E-state index is 0.0688. The Morgan fingerprint density at radius 2 is 1.79 bits per heavy atom. The van der Waals surface area contributed by atoms with Gasteiger partial charge < -0.3 is 19.5 Å². The highest BCUT2D eigenvalue weighted by Gasteiger charge is 2.26. The Labute approximate surface area is 193 Å². The Bertz CT molecular complexity index is 1280. The quantitative estimate of drug-likeness (QED) is 0.535. The molecule has 4 rings (SSSR count). The smallest absolute Gasteiger partial charge is 0.316 e. The molecule has 11 nitrogen and oxygen atoms in total. The van der Waals surface area contributed by atoms with E-state index >= 15 is 0 Å². The van der Waals surface area contributed by atoms with Crippen LogP contribution in [0.25, 0.3) is 10.7 Å². The number of benzene rings is 1. The number of carbonyl (C=O) groups excluding carboxylic acids is 2. The molecule has 0 saturated carbocycles. The number of nitrogens with one attached hydrogen (secondary N) is 2. The molecule has 2 amide bonds.